The average molecular weight is 263 g/mol. The van der Waals surface area contributed by atoms with Crippen LogP contribution in [-0.2, 0) is 0 Å². The number of thiophene rings is 1. The molecule has 17 heavy (non-hydrogen) atoms. The molecule has 0 atom stereocenters. The maximum Gasteiger partial charge on any atom is 0.152 e. The van der Waals surface area contributed by atoms with E-state index in [0.717, 1.165) is 16.7 Å². The van der Waals surface area contributed by atoms with E-state index in [-0.39, 0.29) is 0 Å². The quantitative estimate of drug-likeness (QED) is 0.520. The Kier molecular flexibility index (Phi) is 3.54. The van der Waals surface area contributed by atoms with E-state index in [2.05, 4.69) is 19.1 Å². The summed E-state index contributed by atoms with van der Waals surface area (Å²) in [5, 5.41) is 0. The lowest BCUT2D eigenvalue weighted by Gasteiger charge is -2.08. The number of hydrogen-bond acceptors (Lipinski definition) is 4. The lowest BCUT2D eigenvalue weighted by atomic mass is 10.1. The van der Waals surface area contributed by atoms with Crippen molar-refractivity contribution in [2.75, 3.05) is 12.0 Å². The Morgan fingerprint density at radius 1 is 1.35 bits per heavy atom. The van der Waals surface area contributed by atoms with E-state index < -0.39 is 0 Å². The summed E-state index contributed by atoms with van der Waals surface area (Å²) in [7, 11) is 0. The molecule has 2 aromatic rings. The summed E-state index contributed by atoms with van der Waals surface area (Å²) in [5.74, 6) is 0. The number of nitrogens with two attached hydrogens (primary N) is 1. The summed E-state index contributed by atoms with van der Waals surface area (Å²) in [6.07, 6.45) is 2.78. The van der Waals surface area contributed by atoms with Crippen LogP contribution in [0, 0.1) is 6.92 Å². The van der Waals surface area contributed by atoms with Crippen molar-refractivity contribution < 1.29 is 4.79 Å². The monoisotopic (exact) mass is 263 g/mol. The zero-order chi connectivity index (χ0) is 12.4. The van der Waals surface area contributed by atoms with Crippen LogP contribution >= 0.6 is 23.1 Å². The molecular formula is C13H13NOS2. The van der Waals surface area contributed by atoms with E-state index in [1.54, 1.807) is 23.1 Å². The van der Waals surface area contributed by atoms with Gasteiger partial charge in [0.15, 0.2) is 6.29 Å². The lowest BCUT2D eigenvalue weighted by Crippen LogP contribution is -1.96. The van der Waals surface area contributed by atoms with Gasteiger partial charge in [-0.3, -0.25) is 4.79 Å². The number of aryl methyl sites for hydroxylation is 1. The lowest BCUT2D eigenvalue weighted by molar-refractivity contribution is 0.112. The van der Waals surface area contributed by atoms with Crippen molar-refractivity contribution in [2.45, 2.75) is 11.8 Å². The van der Waals surface area contributed by atoms with Crippen LogP contribution in [0.1, 0.15) is 15.2 Å². The first-order valence-corrected chi connectivity index (χ1v) is 7.19. The van der Waals surface area contributed by atoms with Gasteiger partial charge >= 0.3 is 0 Å². The van der Waals surface area contributed by atoms with Gasteiger partial charge in [-0.15, -0.1) is 23.1 Å². The molecule has 0 bridgehead atoms. The van der Waals surface area contributed by atoms with Crippen LogP contribution in [0.2, 0.25) is 0 Å². The Morgan fingerprint density at radius 2 is 2.12 bits per heavy atom. The molecule has 0 aliphatic rings. The van der Waals surface area contributed by atoms with Crippen molar-refractivity contribution in [1.29, 1.82) is 0 Å². The molecule has 4 heteroatoms. The van der Waals surface area contributed by atoms with Gasteiger partial charge in [0, 0.05) is 20.2 Å². The molecule has 2 nitrogen and oxygen atoms in total. The predicted molar refractivity (Wildman–Crippen MR) is 76.1 cm³/mol. The largest absolute Gasteiger partial charge is 0.397 e. The predicted octanol–water partition coefficient (Wildman–Crippen LogP) is 3.84. The normalized spacial score (nSPS) is 10.5. The average Bonchev–Trinajstić information content (AvgIpc) is 2.76. The molecule has 0 saturated carbocycles. The van der Waals surface area contributed by atoms with Gasteiger partial charge in [0.05, 0.1) is 5.69 Å². The van der Waals surface area contributed by atoms with E-state index in [9.17, 15) is 4.79 Å². The van der Waals surface area contributed by atoms with E-state index in [1.165, 1.54) is 9.75 Å². The molecule has 1 heterocycles. The van der Waals surface area contributed by atoms with Crippen LogP contribution < -0.4 is 5.73 Å². The van der Waals surface area contributed by atoms with Crippen molar-refractivity contribution in [3.8, 4) is 10.4 Å². The Labute approximate surface area is 109 Å². The number of rotatable bonds is 3. The van der Waals surface area contributed by atoms with Crippen LogP contribution in [-0.4, -0.2) is 12.5 Å². The minimum atomic E-state index is 0.568. The second-order valence-electron chi connectivity index (χ2n) is 3.71. The van der Waals surface area contributed by atoms with E-state index in [4.69, 9.17) is 5.73 Å². The highest BCUT2D eigenvalue weighted by Gasteiger charge is 2.09. The fraction of sp³-hybridized carbons (Fsp3) is 0.154. The number of anilines is 1. The fourth-order valence-electron chi connectivity index (χ4n) is 1.65. The molecule has 2 N–H and O–H groups in total. The first kappa shape index (κ1) is 12.2. The highest BCUT2D eigenvalue weighted by Crippen LogP contribution is 2.34. The fourth-order valence-corrected chi connectivity index (χ4v) is 3.08. The van der Waals surface area contributed by atoms with Gasteiger partial charge in [0.25, 0.3) is 0 Å². The summed E-state index contributed by atoms with van der Waals surface area (Å²) in [4.78, 5) is 14.4. The van der Waals surface area contributed by atoms with Gasteiger partial charge in [-0.2, -0.15) is 0 Å². The molecule has 0 amide bonds. The molecule has 88 valence electrons. The Morgan fingerprint density at radius 3 is 2.65 bits per heavy atom. The third kappa shape index (κ3) is 2.37. The summed E-state index contributed by atoms with van der Waals surface area (Å²) in [6, 6.07) is 8.05. The number of carbonyl (C=O) groups is 1. The second-order valence-corrected chi connectivity index (χ2v) is 5.85. The van der Waals surface area contributed by atoms with Crippen LogP contribution in [0.3, 0.4) is 0 Å². The van der Waals surface area contributed by atoms with Crippen LogP contribution in [0.5, 0.6) is 0 Å². The van der Waals surface area contributed by atoms with Crippen molar-refractivity contribution in [2.24, 2.45) is 0 Å². The highest BCUT2D eigenvalue weighted by atomic mass is 32.2. The number of nitrogen functional groups attached to an aromatic ring is 1. The molecule has 0 radical (unpaired) electrons. The molecule has 0 fully saturated rings. The van der Waals surface area contributed by atoms with Gasteiger partial charge in [-0.25, -0.2) is 0 Å². The number of aldehydes is 1. The van der Waals surface area contributed by atoms with Gasteiger partial charge in [-0.1, -0.05) is 0 Å². The molecule has 0 unspecified atom stereocenters. The first-order valence-electron chi connectivity index (χ1n) is 5.15. The molecule has 1 aromatic carbocycles. The first-order chi connectivity index (χ1) is 8.15. The zero-order valence-electron chi connectivity index (χ0n) is 9.69. The Hall–Kier alpha value is -1.26. The van der Waals surface area contributed by atoms with E-state index in [1.807, 2.05) is 18.4 Å². The molecule has 0 aliphatic heterocycles. The minimum absolute atomic E-state index is 0.568. The number of carbonyl (C=O) groups excluding carboxylic acids is 1. The second kappa shape index (κ2) is 4.94. The van der Waals surface area contributed by atoms with Crippen LogP contribution in [0.4, 0.5) is 5.69 Å². The summed E-state index contributed by atoms with van der Waals surface area (Å²) in [6.45, 7) is 2.07. The van der Waals surface area contributed by atoms with Crippen LogP contribution in [0.15, 0.2) is 29.2 Å². The van der Waals surface area contributed by atoms with Crippen molar-refractivity contribution in [1.82, 2.24) is 0 Å². The van der Waals surface area contributed by atoms with Gasteiger partial charge in [0.2, 0.25) is 0 Å². The molecular weight excluding hydrogens is 250 g/mol. The molecule has 1 aromatic heterocycles. The summed E-state index contributed by atoms with van der Waals surface area (Å²) >= 11 is 3.28. The molecule has 2 rings (SSSR count). The van der Waals surface area contributed by atoms with E-state index in [0.29, 0.717) is 11.3 Å². The van der Waals surface area contributed by atoms with Gasteiger partial charge in [0.1, 0.15) is 0 Å². The zero-order valence-corrected chi connectivity index (χ0v) is 11.3. The summed E-state index contributed by atoms with van der Waals surface area (Å²) < 4.78 is 0. The highest BCUT2D eigenvalue weighted by molar-refractivity contribution is 7.98. The number of hydrogen-bond donors (Lipinski definition) is 1. The standard InChI is InChI=1S/C13H13NOS2/c1-8-3-4-11(17-8)9-5-10(7-15)13(14)12(6-9)16-2/h3-7H,14H2,1-2H3. The minimum Gasteiger partial charge on any atom is -0.397 e. The number of benzene rings is 1. The number of thioether (sulfide) groups is 1. The molecule has 0 aliphatic carbocycles. The van der Waals surface area contributed by atoms with E-state index >= 15 is 0 Å². The topological polar surface area (TPSA) is 43.1 Å². The third-order valence-corrected chi connectivity index (χ3v) is 4.37. The van der Waals surface area contributed by atoms with Gasteiger partial charge < -0.3 is 5.73 Å². The third-order valence-electron chi connectivity index (χ3n) is 2.55. The van der Waals surface area contributed by atoms with Crippen molar-refractivity contribution in [3.63, 3.8) is 0 Å². The smallest absolute Gasteiger partial charge is 0.152 e. The van der Waals surface area contributed by atoms with Crippen LogP contribution in [0.25, 0.3) is 10.4 Å². The molecule has 0 spiro atoms. The SMILES string of the molecule is CSc1cc(-c2ccc(C)s2)cc(C=O)c1N. The molecule has 0 saturated heterocycles. The summed E-state index contributed by atoms with van der Waals surface area (Å²) in [5.41, 5.74) is 8.11. The Bertz CT molecular complexity index is 561. The van der Waals surface area contributed by atoms with Crippen molar-refractivity contribution in [3.05, 3.63) is 34.7 Å². The Balaban J connectivity index is 2.59. The van der Waals surface area contributed by atoms with Gasteiger partial charge in [-0.05, 0) is 43.0 Å². The maximum atomic E-state index is 11.0. The van der Waals surface area contributed by atoms with Crippen molar-refractivity contribution >= 4 is 35.1 Å². The maximum absolute atomic E-state index is 11.0.